The molecule has 2 amide bonds. The van der Waals surface area contributed by atoms with E-state index in [9.17, 15) is 9.59 Å². The van der Waals surface area contributed by atoms with E-state index in [4.69, 9.17) is 21.4 Å². The lowest BCUT2D eigenvalue weighted by molar-refractivity contribution is -0.141. The smallest absolute Gasteiger partial charge is 0.327 e. The van der Waals surface area contributed by atoms with Crippen molar-refractivity contribution in [2.45, 2.75) is 18.3 Å². The number of thioether (sulfide) groups is 1. The molecule has 0 bridgehead atoms. The highest BCUT2D eigenvalue weighted by atomic mass is 35.5. The molecule has 1 aromatic carbocycles. The lowest BCUT2D eigenvalue weighted by atomic mass is 10.3. The molecule has 1 aliphatic rings. The number of anilines is 1. The van der Waals surface area contributed by atoms with Gasteiger partial charge in [0, 0.05) is 11.4 Å². The maximum absolute atomic E-state index is 12.3. The summed E-state index contributed by atoms with van der Waals surface area (Å²) in [5.41, 5.74) is 0.485. The average Bonchev–Trinajstić information content (AvgIpc) is 2.81. The molecule has 0 spiro atoms. The van der Waals surface area contributed by atoms with E-state index in [0.29, 0.717) is 22.2 Å². The zero-order valence-electron chi connectivity index (χ0n) is 11.5. The molecular weight excluding hydrogens is 316 g/mol. The van der Waals surface area contributed by atoms with Gasteiger partial charge in [0.1, 0.15) is 11.8 Å². The minimum Gasteiger partial charge on any atom is -0.495 e. The Bertz CT molecular complexity index is 569. The van der Waals surface area contributed by atoms with Crippen molar-refractivity contribution >= 4 is 41.1 Å². The summed E-state index contributed by atoms with van der Waals surface area (Å²) in [6, 6.07) is 3.56. The second kappa shape index (κ2) is 6.44. The van der Waals surface area contributed by atoms with Gasteiger partial charge in [0.15, 0.2) is 0 Å². The van der Waals surface area contributed by atoms with E-state index in [0.717, 1.165) is 0 Å². The number of rotatable bonds is 3. The van der Waals surface area contributed by atoms with E-state index >= 15 is 0 Å². The van der Waals surface area contributed by atoms with Crippen LogP contribution < -0.4 is 10.1 Å². The first kappa shape index (κ1) is 15.8. The molecule has 0 aliphatic carbocycles. The number of urea groups is 1. The molecule has 2 unspecified atom stereocenters. The number of methoxy groups -OCH3 is 1. The molecule has 1 heterocycles. The van der Waals surface area contributed by atoms with Crippen molar-refractivity contribution in [2.75, 3.05) is 18.2 Å². The van der Waals surface area contributed by atoms with Crippen LogP contribution in [-0.2, 0) is 4.79 Å². The Morgan fingerprint density at radius 2 is 2.24 bits per heavy atom. The Morgan fingerprint density at radius 3 is 2.81 bits per heavy atom. The summed E-state index contributed by atoms with van der Waals surface area (Å²) in [5.74, 6) is -0.120. The molecule has 1 saturated heterocycles. The third-order valence-corrected chi connectivity index (χ3v) is 4.66. The number of benzene rings is 1. The van der Waals surface area contributed by atoms with Crippen molar-refractivity contribution in [3.8, 4) is 5.75 Å². The van der Waals surface area contributed by atoms with E-state index in [1.807, 2.05) is 0 Å². The fourth-order valence-electron chi connectivity index (χ4n) is 2.07. The van der Waals surface area contributed by atoms with Crippen molar-refractivity contribution in [1.82, 2.24) is 4.90 Å². The van der Waals surface area contributed by atoms with Gasteiger partial charge in [0.2, 0.25) is 0 Å². The number of hydrogen-bond donors (Lipinski definition) is 2. The van der Waals surface area contributed by atoms with Gasteiger partial charge in [-0.25, -0.2) is 9.59 Å². The van der Waals surface area contributed by atoms with E-state index in [1.54, 1.807) is 25.1 Å². The average molecular weight is 331 g/mol. The number of carboxylic acid groups (broad SMARTS) is 1. The Kier molecular flexibility index (Phi) is 4.84. The lowest BCUT2D eigenvalue weighted by Gasteiger charge is -2.25. The number of nitrogens with zero attached hydrogens (tertiary/aromatic N) is 1. The largest absolute Gasteiger partial charge is 0.495 e. The van der Waals surface area contributed by atoms with Gasteiger partial charge in [-0.15, -0.1) is 11.8 Å². The molecule has 8 heteroatoms. The number of amides is 2. The number of ether oxygens (including phenoxy) is 1. The van der Waals surface area contributed by atoms with Crippen LogP contribution in [0.3, 0.4) is 0 Å². The van der Waals surface area contributed by atoms with Crippen LogP contribution >= 0.6 is 23.4 Å². The first-order valence-electron chi connectivity index (χ1n) is 6.21. The number of aliphatic carboxylic acids is 1. The fraction of sp³-hybridized carbons (Fsp3) is 0.385. The molecule has 21 heavy (non-hydrogen) atoms. The van der Waals surface area contributed by atoms with Crippen LogP contribution in [0.2, 0.25) is 5.02 Å². The van der Waals surface area contributed by atoms with E-state index < -0.39 is 18.0 Å². The van der Waals surface area contributed by atoms with Gasteiger partial charge in [0.25, 0.3) is 0 Å². The molecule has 1 aromatic rings. The quantitative estimate of drug-likeness (QED) is 0.891. The van der Waals surface area contributed by atoms with Crippen LogP contribution in [-0.4, -0.2) is 46.3 Å². The third-order valence-electron chi connectivity index (χ3n) is 3.15. The highest BCUT2D eigenvalue weighted by molar-refractivity contribution is 8.00. The van der Waals surface area contributed by atoms with Crippen LogP contribution in [0.15, 0.2) is 18.2 Å². The fourth-order valence-corrected chi connectivity index (χ4v) is 3.50. The van der Waals surface area contributed by atoms with E-state index in [2.05, 4.69) is 5.32 Å². The Labute approximate surface area is 131 Å². The summed E-state index contributed by atoms with van der Waals surface area (Å²) in [5, 5.41) is 12.0. The number of carbonyl (C=O) groups excluding carboxylic acids is 1. The molecule has 0 radical (unpaired) electrons. The highest BCUT2D eigenvalue weighted by Crippen LogP contribution is 2.31. The molecule has 1 aliphatic heterocycles. The van der Waals surface area contributed by atoms with Crippen LogP contribution in [0.1, 0.15) is 6.92 Å². The Morgan fingerprint density at radius 1 is 1.52 bits per heavy atom. The molecule has 0 saturated carbocycles. The number of hydrogen-bond acceptors (Lipinski definition) is 4. The lowest BCUT2D eigenvalue weighted by Crippen LogP contribution is -2.46. The maximum Gasteiger partial charge on any atom is 0.327 e. The first-order valence-corrected chi connectivity index (χ1v) is 7.64. The molecule has 1 fully saturated rings. The van der Waals surface area contributed by atoms with Crippen LogP contribution in [0.4, 0.5) is 10.5 Å². The zero-order valence-corrected chi connectivity index (χ0v) is 13.1. The van der Waals surface area contributed by atoms with Crippen molar-refractivity contribution in [2.24, 2.45) is 0 Å². The zero-order chi connectivity index (χ0) is 15.6. The van der Waals surface area contributed by atoms with Crippen molar-refractivity contribution in [3.05, 3.63) is 23.2 Å². The summed E-state index contributed by atoms with van der Waals surface area (Å²) >= 11 is 7.42. The number of carbonyl (C=O) groups is 2. The molecule has 114 valence electrons. The second-order valence-corrected chi connectivity index (χ2v) is 6.23. The molecule has 2 N–H and O–H groups in total. The minimum atomic E-state index is -1.00. The number of carboxylic acids is 1. The van der Waals surface area contributed by atoms with Crippen LogP contribution in [0.25, 0.3) is 0 Å². The third kappa shape index (κ3) is 3.36. The van der Waals surface area contributed by atoms with Crippen molar-refractivity contribution in [1.29, 1.82) is 0 Å². The normalized spacial score (nSPS) is 21.2. The summed E-state index contributed by atoms with van der Waals surface area (Å²) in [4.78, 5) is 24.8. The van der Waals surface area contributed by atoms with Gasteiger partial charge in [-0.3, -0.25) is 4.90 Å². The van der Waals surface area contributed by atoms with Crippen LogP contribution in [0.5, 0.6) is 5.75 Å². The maximum atomic E-state index is 12.3. The highest BCUT2D eigenvalue weighted by Gasteiger charge is 2.39. The van der Waals surface area contributed by atoms with Gasteiger partial charge < -0.3 is 15.2 Å². The SMILES string of the molecule is COc1ccc(NC(=O)N2C(C)SCC2C(=O)O)cc1Cl. The number of nitrogens with one attached hydrogen (secondary N) is 1. The summed E-state index contributed by atoms with van der Waals surface area (Å²) in [6.07, 6.45) is 0. The van der Waals surface area contributed by atoms with Crippen LogP contribution in [0, 0.1) is 0 Å². The van der Waals surface area contributed by atoms with Crippen molar-refractivity contribution < 1.29 is 19.4 Å². The topological polar surface area (TPSA) is 78.9 Å². The predicted molar refractivity (Wildman–Crippen MR) is 82.2 cm³/mol. The van der Waals surface area contributed by atoms with Gasteiger partial charge in [-0.1, -0.05) is 11.6 Å². The Balaban J connectivity index is 2.13. The molecule has 0 aromatic heterocycles. The van der Waals surface area contributed by atoms with Crippen molar-refractivity contribution in [3.63, 3.8) is 0 Å². The first-order chi connectivity index (χ1) is 9.93. The van der Waals surface area contributed by atoms with Gasteiger partial charge in [0.05, 0.1) is 17.5 Å². The number of halogens is 1. The molecule has 2 atom stereocenters. The molecular formula is C13H15ClN2O4S. The van der Waals surface area contributed by atoms with Gasteiger partial charge in [-0.05, 0) is 25.1 Å². The summed E-state index contributed by atoms with van der Waals surface area (Å²) in [6.45, 7) is 1.80. The standard InChI is InChI=1S/C13H15ClN2O4S/c1-7-16(10(6-21-7)12(17)18)13(19)15-8-3-4-11(20-2)9(14)5-8/h3-5,7,10H,6H2,1-2H3,(H,15,19)(H,17,18). The minimum absolute atomic E-state index is 0.195. The second-order valence-electron chi connectivity index (χ2n) is 4.47. The Hall–Kier alpha value is -1.60. The van der Waals surface area contributed by atoms with Gasteiger partial charge >= 0.3 is 12.0 Å². The molecule has 6 nitrogen and oxygen atoms in total. The van der Waals surface area contributed by atoms with Gasteiger partial charge in [-0.2, -0.15) is 0 Å². The summed E-state index contributed by atoms with van der Waals surface area (Å²) in [7, 11) is 1.50. The van der Waals surface area contributed by atoms with E-state index in [-0.39, 0.29) is 5.37 Å². The van der Waals surface area contributed by atoms with E-state index in [1.165, 1.54) is 23.8 Å². The predicted octanol–water partition coefficient (Wildman–Crippen LogP) is 2.73. The summed E-state index contributed by atoms with van der Waals surface area (Å²) < 4.78 is 5.03. The monoisotopic (exact) mass is 330 g/mol. The molecule has 2 rings (SSSR count).